The van der Waals surface area contributed by atoms with Crippen LogP contribution in [0.15, 0.2) is 71.8 Å². The second kappa shape index (κ2) is 12.1. The fourth-order valence-electron chi connectivity index (χ4n) is 3.03. The summed E-state index contributed by atoms with van der Waals surface area (Å²) >= 11 is 0. The Morgan fingerprint density at radius 2 is 1.76 bits per heavy atom. The van der Waals surface area contributed by atoms with Gasteiger partial charge in [-0.05, 0) is 79.6 Å². The van der Waals surface area contributed by atoms with E-state index in [4.69, 9.17) is 14.2 Å². The highest BCUT2D eigenvalue weighted by Gasteiger charge is 2.10. The van der Waals surface area contributed by atoms with E-state index in [1.54, 1.807) is 42.5 Å². The van der Waals surface area contributed by atoms with Crippen molar-refractivity contribution in [2.24, 2.45) is 5.10 Å². The van der Waals surface area contributed by atoms with Crippen molar-refractivity contribution in [3.05, 3.63) is 83.4 Å². The molecule has 0 bridgehead atoms. The maximum Gasteiger partial charge on any atom is 0.271 e. The van der Waals surface area contributed by atoms with Crippen molar-refractivity contribution >= 4 is 23.7 Å². The molecule has 0 fully saturated rings. The van der Waals surface area contributed by atoms with Gasteiger partial charge in [0.25, 0.3) is 11.8 Å². The van der Waals surface area contributed by atoms with Gasteiger partial charge in [0.15, 0.2) is 18.1 Å². The number of hydrogen-bond acceptors (Lipinski definition) is 6. The van der Waals surface area contributed by atoms with Crippen LogP contribution in [0.4, 0.5) is 5.69 Å². The van der Waals surface area contributed by atoms with Gasteiger partial charge in [-0.2, -0.15) is 5.10 Å². The number of amides is 2. The van der Waals surface area contributed by atoms with Crippen molar-refractivity contribution in [3.8, 4) is 17.2 Å². The van der Waals surface area contributed by atoms with Crippen LogP contribution in [0.1, 0.15) is 28.4 Å². The fraction of sp³-hybridized carbons (Fsp3) is 0.192. The fourth-order valence-corrected chi connectivity index (χ4v) is 3.03. The van der Waals surface area contributed by atoms with Crippen LogP contribution in [0.5, 0.6) is 17.2 Å². The molecule has 34 heavy (non-hydrogen) atoms. The Kier molecular flexibility index (Phi) is 8.62. The minimum atomic E-state index is -0.378. The lowest BCUT2D eigenvalue weighted by Crippen LogP contribution is -2.20. The topological polar surface area (TPSA) is 98.3 Å². The quantitative estimate of drug-likeness (QED) is 0.349. The van der Waals surface area contributed by atoms with E-state index in [9.17, 15) is 9.59 Å². The number of hydrogen-bond donors (Lipinski definition) is 2. The van der Waals surface area contributed by atoms with E-state index in [0.717, 1.165) is 16.8 Å². The molecule has 0 aliphatic rings. The van der Waals surface area contributed by atoms with E-state index in [-0.39, 0.29) is 18.4 Å². The van der Waals surface area contributed by atoms with Gasteiger partial charge in [0, 0.05) is 11.3 Å². The zero-order valence-electron chi connectivity index (χ0n) is 19.3. The first-order valence-corrected chi connectivity index (χ1v) is 10.7. The smallest absolute Gasteiger partial charge is 0.271 e. The minimum absolute atomic E-state index is 0.108. The summed E-state index contributed by atoms with van der Waals surface area (Å²) in [6.07, 6.45) is 1.51. The summed E-state index contributed by atoms with van der Waals surface area (Å²) in [5.74, 6) is 0.964. The molecule has 176 valence electrons. The first-order valence-electron chi connectivity index (χ1n) is 10.7. The molecule has 0 aliphatic carbocycles. The largest absolute Gasteiger partial charge is 0.493 e. The number of carbonyl (C=O) groups excluding carboxylic acids is 2. The molecule has 2 amide bonds. The molecule has 2 N–H and O–H groups in total. The Bertz CT molecular complexity index is 1160. The number of methoxy groups -OCH3 is 1. The van der Waals surface area contributed by atoms with Gasteiger partial charge < -0.3 is 19.5 Å². The van der Waals surface area contributed by atoms with Crippen molar-refractivity contribution in [3.63, 3.8) is 0 Å². The molecule has 0 saturated heterocycles. The molecule has 0 aromatic heterocycles. The zero-order chi connectivity index (χ0) is 24.3. The zero-order valence-corrected chi connectivity index (χ0v) is 19.3. The van der Waals surface area contributed by atoms with Crippen molar-refractivity contribution in [2.75, 3.05) is 25.6 Å². The van der Waals surface area contributed by atoms with Crippen molar-refractivity contribution < 1.29 is 23.8 Å². The van der Waals surface area contributed by atoms with Gasteiger partial charge in [0.2, 0.25) is 0 Å². The molecule has 0 radical (unpaired) electrons. The Balaban J connectivity index is 1.49. The van der Waals surface area contributed by atoms with Gasteiger partial charge in [0.05, 0.1) is 19.9 Å². The van der Waals surface area contributed by atoms with Gasteiger partial charge in [-0.25, -0.2) is 5.43 Å². The van der Waals surface area contributed by atoms with Crippen molar-refractivity contribution in [2.45, 2.75) is 13.8 Å². The number of aryl methyl sites for hydroxylation is 1. The molecule has 8 nitrogen and oxygen atoms in total. The highest BCUT2D eigenvalue weighted by atomic mass is 16.5. The van der Waals surface area contributed by atoms with E-state index in [2.05, 4.69) is 15.8 Å². The van der Waals surface area contributed by atoms with Crippen LogP contribution >= 0.6 is 0 Å². The molecule has 3 aromatic carbocycles. The molecule has 3 rings (SSSR count). The molecule has 0 unspecified atom stereocenters. The van der Waals surface area contributed by atoms with Crippen molar-refractivity contribution in [1.29, 1.82) is 0 Å². The second-order valence-corrected chi connectivity index (χ2v) is 7.27. The standard InChI is InChI=1S/C26H27N3O5/c1-4-33-23-13-10-20(15-24(23)32-3)26(31)29-27-16-19-8-11-22(12-9-19)34-17-25(30)28-21-7-5-6-18(2)14-21/h5-16H,4,17H2,1-3H3,(H,28,30)(H,29,31)/b27-16+. The molecular formula is C26H27N3O5. The van der Waals surface area contributed by atoms with Gasteiger partial charge in [-0.1, -0.05) is 12.1 Å². The Morgan fingerprint density at radius 1 is 0.971 bits per heavy atom. The summed E-state index contributed by atoms with van der Waals surface area (Å²) in [4.78, 5) is 24.4. The minimum Gasteiger partial charge on any atom is -0.493 e. The average Bonchev–Trinajstić information content (AvgIpc) is 2.84. The third kappa shape index (κ3) is 7.09. The maximum absolute atomic E-state index is 12.3. The number of benzene rings is 3. The van der Waals surface area contributed by atoms with Crippen LogP contribution in [-0.4, -0.2) is 38.4 Å². The van der Waals surface area contributed by atoms with Crippen LogP contribution in [0, 0.1) is 6.92 Å². The summed E-state index contributed by atoms with van der Waals surface area (Å²) < 4.78 is 16.2. The van der Waals surface area contributed by atoms with E-state index < -0.39 is 0 Å². The van der Waals surface area contributed by atoms with E-state index in [1.165, 1.54) is 13.3 Å². The summed E-state index contributed by atoms with van der Waals surface area (Å²) in [5.41, 5.74) is 5.42. The predicted molar refractivity (Wildman–Crippen MR) is 131 cm³/mol. The molecule has 0 spiro atoms. The van der Waals surface area contributed by atoms with Crippen LogP contribution in [0.3, 0.4) is 0 Å². The lowest BCUT2D eigenvalue weighted by atomic mass is 10.2. The molecule has 0 heterocycles. The molecule has 8 heteroatoms. The average molecular weight is 462 g/mol. The van der Waals surface area contributed by atoms with Crippen LogP contribution in [-0.2, 0) is 4.79 Å². The summed E-state index contributed by atoms with van der Waals surface area (Å²) in [6, 6.07) is 19.4. The molecule has 0 atom stereocenters. The SMILES string of the molecule is CCOc1ccc(C(=O)N/N=C/c2ccc(OCC(=O)Nc3cccc(C)c3)cc2)cc1OC. The molecule has 0 aliphatic heterocycles. The Labute approximate surface area is 198 Å². The molecular weight excluding hydrogens is 434 g/mol. The van der Waals surface area contributed by atoms with Gasteiger partial charge in [-0.15, -0.1) is 0 Å². The normalized spacial score (nSPS) is 10.6. The number of anilines is 1. The summed E-state index contributed by atoms with van der Waals surface area (Å²) in [5, 5.41) is 6.78. The Hall–Kier alpha value is -4.33. The summed E-state index contributed by atoms with van der Waals surface area (Å²) in [6.45, 7) is 4.22. The highest BCUT2D eigenvalue weighted by Crippen LogP contribution is 2.28. The number of carbonyl (C=O) groups is 2. The number of rotatable bonds is 10. The lowest BCUT2D eigenvalue weighted by Gasteiger charge is -2.10. The third-order valence-electron chi connectivity index (χ3n) is 4.66. The molecule has 0 saturated carbocycles. The van der Waals surface area contributed by atoms with E-state index >= 15 is 0 Å². The van der Waals surface area contributed by atoms with Gasteiger partial charge in [-0.3, -0.25) is 9.59 Å². The third-order valence-corrected chi connectivity index (χ3v) is 4.66. The predicted octanol–water partition coefficient (Wildman–Crippen LogP) is 4.18. The second-order valence-electron chi connectivity index (χ2n) is 7.27. The first kappa shape index (κ1) is 24.3. The highest BCUT2D eigenvalue weighted by molar-refractivity contribution is 5.95. The van der Waals surface area contributed by atoms with Gasteiger partial charge in [0.1, 0.15) is 5.75 Å². The Morgan fingerprint density at radius 3 is 2.47 bits per heavy atom. The van der Waals surface area contributed by atoms with E-state index in [0.29, 0.717) is 29.4 Å². The first-order chi connectivity index (χ1) is 16.5. The van der Waals surface area contributed by atoms with Crippen molar-refractivity contribution in [1.82, 2.24) is 5.43 Å². The number of nitrogens with one attached hydrogen (secondary N) is 2. The maximum atomic E-state index is 12.3. The van der Waals surface area contributed by atoms with E-state index in [1.807, 2.05) is 38.1 Å². The number of hydrazone groups is 1. The summed E-state index contributed by atoms with van der Waals surface area (Å²) in [7, 11) is 1.52. The number of nitrogens with zero attached hydrogens (tertiary/aromatic N) is 1. The monoisotopic (exact) mass is 461 g/mol. The molecule has 3 aromatic rings. The van der Waals surface area contributed by atoms with Crippen LogP contribution < -0.4 is 25.0 Å². The van der Waals surface area contributed by atoms with Crippen LogP contribution in [0.2, 0.25) is 0 Å². The van der Waals surface area contributed by atoms with Gasteiger partial charge >= 0.3 is 0 Å². The lowest BCUT2D eigenvalue weighted by molar-refractivity contribution is -0.118. The van der Waals surface area contributed by atoms with Crippen LogP contribution in [0.25, 0.3) is 0 Å². The number of ether oxygens (including phenoxy) is 3.